The van der Waals surface area contributed by atoms with E-state index in [-0.39, 0.29) is 84.3 Å². The van der Waals surface area contributed by atoms with Gasteiger partial charge in [-0.05, 0) is 23.8 Å². The summed E-state index contributed by atoms with van der Waals surface area (Å²) in [5, 5.41) is 9.92. The Balaban J connectivity index is 1.69. The highest BCUT2D eigenvalue weighted by Crippen LogP contribution is 2.51. The highest BCUT2D eigenvalue weighted by molar-refractivity contribution is 7.23. The lowest BCUT2D eigenvalue weighted by atomic mass is 9.96. The van der Waals surface area contributed by atoms with Gasteiger partial charge in [-0.25, -0.2) is 18.2 Å². The summed E-state index contributed by atoms with van der Waals surface area (Å²) in [7, 11) is 1.32. The van der Waals surface area contributed by atoms with Crippen LogP contribution in [-0.4, -0.2) is 35.2 Å². The number of thiophene rings is 1. The smallest absolute Gasteiger partial charge is 0.318 e. The second-order valence-electron chi connectivity index (χ2n) is 9.12. The summed E-state index contributed by atoms with van der Waals surface area (Å²) in [5.74, 6) is -1.17. The minimum atomic E-state index is -0.897. The van der Waals surface area contributed by atoms with E-state index in [4.69, 9.17) is 32.5 Å². The van der Waals surface area contributed by atoms with Crippen LogP contribution in [0.5, 0.6) is 11.8 Å². The third-order valence-electron chi connectivity index (χ3n) is 6.96. The number of benzene rings is 2. The first kappa shape index (κ1) is 27.4. The van der Waals surface area contributed by atoms with Crippen LogP contribution in [0.4, 0.5) is 29.8 Å². The standard InChI is InChI=1S/C28H19ClF3N7O2S/c1-40-28-37-22-19-23(41-10-9-39(27(19)38-28)16(6-7-30)12-3-2-8-36-25(12)34)20(29)18(21(22)32)13-4-5-15(31)24-17(13)14(11-33)26(35)42-24/h2-8,16H,9-10,35H2,1H3,(H2,34,36)/b7-6+. The van der Waals surface area contributed by atoms with Gasteiger partial charge in [0.2, 0.25) is 0 Å². The number of methoxy groups -OCH3 is 1. The van der Waals surface area contributed by atoms with Gasteiger partial charge in [0.05, 0.1) is 46.7 Å². The molecule has 2 aromatic carbocycles. The Hall–Kier alpha value is -4.80. The van der Waals surface area contributed by atoms with Crippen LogP contribution in [0, 0.1) is 23.0 Å². The molecule has 5 aromatic rings. The van der Waals surface area contributed by atoms with Crippen molar-refractivity contribution >= 4 is 60.6 Å². The number of nitrogens with zero attached hydrogens (tertiary/aromatic N) is 5. The molecule has 1 atom stereocenters. The first-order valence-electron chi connectivity index (χ1n) is 12.3. The molecule has 6 rings (SSSR count). The van der Waals surface area contributed by atoms with Gasteiger partial charge in [-0.2, -0.15) is 15.2 Å². The van der Waals surface area contributed by atoms with Gasteiger partial charge < -0.3 is 25.8 Å². The van der Waals surface area contributed by atoms with Crippen molar-refractivity contribution in [3.05, 3.63) is 70.7 Å². The molecule has 14 heteroatoms. The molecule has 0 fully saturated rings. The van der Waals surface area contributed by atoms with Crippen LogP contribution in [0.2, 0.25) is 5.02 Å². The van der Waals surface area contributed by atoms with E-state index in [1.807, 2.05) is 6.07 Å². The van der Waals surface area contributed by atoms with Crippen LogP contribution in [0.15, 0.2) is 42.9 Å². The number of fused-ring (bicyclic) bond motifs is 1. The minimum Gasteiger partial charge on any atom is -0.489 e. The Labute approximate surface area is 245 Å². The highest BCUT2D eigenvalue weighted by Gasteiger charge is 2.34. The maximum absolute atomic E-state index is 16.7. The lowest BCUT2D eigenvalue weighted by Gasteiger charge is -2.30. The molecule has 212 valence electrons. The van der Waals surface area contributed by atoms with Gasteiger partial charge in [0, 0.05) is 22.7 Å². The van der Waals surface area contributed by atoms with E-state index >= 15 is 4.39 Å². The van der Waals surface area contributed by atoms with E-state index in [9.17, 15) is 14.0 Å². The largest absolute Gasteiger partial charge is 0.489 e. The number of nitriles is 1. The quantitative estimate of drug-likeness (QED) is 0.235. The van der Waals surface area contributed by atoms with Gasteiger partial charge in [0.15, 0.2) is 11.6 Å². The average Bonchev–Trinajstić information content (AvgIpc) is 3.21. The molecule has 1 aliphatic rings. The van der Waals surface area contributed by atoms with Gasteiger partial charge in [-0.15, -0.1) is 11.3 Å². The van der Waals surface area contributed by atoms with Crippen molar-refractivity contribution in [3.8, 4) is 29.0 Å². The Bertz CT molecular complexity index is 1980. The summed E-state index contributed by atoms with van der Waals surface area (Å²) in [5.41, 5.74) is 12.3. The van der Waals surface area contributed by atoms with Crippen LogP contribution in [0.1, 0.15) is 17.2 Å². The zero-order valence-corrected chi connectivity index (χ0v) is 23.2. The monoisotopic (exact) mass is 609 g/mol. The van der Waals surface area contributed by atoms with Crippen molar-refractivity contribution in [3.63, 3.8) is 0 Å². The molecule has 0 saturated carbocycles. The lowest BCUT2D eigenvalue weighted by molar-refractivity contribution is 0.329. The number of hydrogen-bond acceptors (Lipinski definition) is 10. The molecule has 0 amide bonds. The fourth-order valence-corrected chi connectivity index (χ4v) is 6.45. The molecule has 3 aromatic heterocycles. The zero-order valence-electron chi connectivity index (χ0n) is 21.7. The van der Waals surface area contributed by atoms with Crippen LogP contribution in [0.25, 0.3) is 32.1 Å². The normalized spacial score (nSPS) is 13.8. The summed E-state index contributed by atoms with van der Waals surface area (Å²) in [6.45, 7) is 0.157. The summed E-state index contributed by atoms with van der Waals surface area (Å²) in [4.78, 5) is 14.5. The molecule has 42 heavy (non-hydrogen) atoms. The maximum atomic E-state index is 16.7. The Morgan fingerprint density at radius 1 is 1.24 bits per heavy atom. The fourth-order valence-electron chi connectivity index (χ4n) is 5.16. The number of rotatable bonds is 5. The van der Waals surface area contributed by atoms with Crippen molar-refractivity contribution in [1.82, 2.24) is 15.0 Å². The third-order valence-corrected chi connectivity index (χ3v) is 8.34. The van der Waals surface area contributed by atoms with E-state index < -0.39 is 17.7 Å². The molecule has 0 saturated heterocycles. The highest BCUT2D eigenvalue weighted by atomic mass is 35.5. The molecule has 0 radical (unpaired) electrons. The average molecular weight is 610 g/mol. The zero-order chi connectivity index (χ0) is 29.7. The Kier molecular flexibility index (Phi) is 6.88. The molecule has 0 bridgehead atoms. The SMILES string of the molecule is COc1nc2c3c(c(Cl)c(-c4ccc(F)c5sc(N)c(C#N)c45)c(F)c3n1)OCCN2C(/C=C/F)c1cccnc1N. The number of nitrogens with two attached hydrogens (primary N) is 2. The predicted octanol–water partition coefficient (Wildman–Crippen LogP) is 6.31. The second kappa shape index (κ2) is 10.6. The fraction of sp³-hybridized carbons (Fsp3) is 0.143. The van der Waals surface area contributed by atoms with Crippen molar-refractivity contribution in [2.45, 2.75) is 6.04 Å². The van der Waals surface area contributed by atoms with E-state index in [0.717, 1.165) is 17.4 Å². The first-order valence-corrected chi connectivity index (χ1v) is 13.5. The van der Waals surface area contributed by atoms with Crippen LogP contribution < -0.4 is 25.8 Å². The van der Waals surface area contributed by atoms with Gasteiger partial charge >= 0.3 is 6.01 Å². The van der Waals surface area contributed by atoms with E-state index in [2.05, 4.69) is 15.0 Å². The predicted molar refractivity (Wildman–Crippen MR) is 155 cm³/mol. The lowest BCUT2D eigenvalue weighted by Crippen LogP contribution is -2.32. The number of anilines is 3. The van der Waals surface area contributed by atoms with E-state index in [1.165, 1.54) is 25.4 Å². The summed E-state index contributed by atoms with van der Waals surface area (Å²) < 4.78 is 56.7. The molecule has 1 aliphatic heterocycles. The molecule has 9 nitrogen and oxygen atoms in total. The molecular weight excluding hydrogens is 591 g/mol. The van der Waals surface area contributed by atoms with Crippen LogP contribution in [-0.2, 0) is 0 Å². The number of ether oxygens (including phenoxy) is 2. The number of halogens is 4. The molecule has 1 unspecified atom stereocenters. The van der Waals surface area contributed by atoms with Crippen molar-refractivity contribution < 1.29 is 22.6 Å². The summed E-state index contributed by atoms with van der Waals surface area (Å²) in [6.07, 6.45) is 3.13. The molecule has 0 aliphatic carbocycles. The number of hydrogen-bond donors (Lipinski definition) is 2. The summed E-state index contributed by atoms with van der Waals surface area (Å²) in [6, 6.07) is 6.77. The molecule has 4 N–H and O–H groups in total. The van der Waals surface area contributed by atoms with Crippen LogP contribution >= 0.6 is 22.9 Å². The van der Waals surface area contributed by atoms with Crippen LogP contribution in [0.3, 0.4) is 0 Å². The van der Waals surface area contributed by atoms with Crippen molar-refractivity contribution in [2.75, 3.05) is 36.6 Å². The summed E-state index contributed by atoms with van der Waals surface area (Å²) >= 11 is 7.75. The first-order chi connectivity index (χ1) is 20.3. The van der Waals surface area contributed by atoms with Gasteiger partial charge in [0.1, 0.15) is 40.6 Å². The minimum absolute atomic E-state index is 0.00566. The molecular formula is C28H19ClF3N7O2S. The molecule has 4 heterocycles. The number of pyridine rings is 1. The van der Waals surface area contributed by atoms with Crippen molar-refractivity contribution in [1.29, 1.82) is 5.26 Å². The van der Waals surface area contributed by atoms with E-state index in [1.54, 1.807) is 17.0 Å². The Morgan fingerprint density at radius 3 is 2.76 bits per heavy atom. The van der Waals surface area contributed by atoms with Gasteiger partial charge in [-0.1, -0.05) is 23.7 Å². The van der Waals surface area contributed by atoms with Gasteiger partial charge in [0.25, 0.3) is 0 Å². The number of nitrogen functional groups attached to an aromatic ring is 2. The topological polar surface area (TPSA) is 136 Å². The van der Waals surface area contributed by atoms with Gasteiger partial charge in [-0.3, -0.25) is 0 Å². The number of aromatic nitrogens is 3. The Morgan fingerprint density at radius 2 is 2.05 bits per heavy atom. The maximum Gasteiger partial charge on any atom is 0.318 e. The van der Waals surface area contributed by atoms with E-state index in [0.29, 0.717) is 11.9 Å². The molecule has 0 spiro atoms. The third kappa shape index (κ3) is 4.10. The van der Waals surface area contributed by atoms with Crippen molar-refractivity contribution in [2.24, 2.45) is 0 Å². The second-order valence-corrected chi connectivity index (χ2v) is 10.6.